The number of nitrogens with zero attached hydrogens (tertiary/aromatic N) is 1. The Morgan fingerprint density at radius 2 is 1.50 bits per heavy atom. The molecule has 0 fully saturated rings. The molecule has 0 amide bonds. The molecule has 1 aromatic heterocycles. The van der Waals surface area contributed by atoms with E-state index in [0.29, 0.717) is 17.8 Å². The van der Waals surface area contributed by atoms with Gasteiger partial charge in [0.25, 0.3) is 0 Å². The molecule has 1 heteroatoms. The Hall–Kier alpha value is -1.63. The standard InChI is InChI=1S/C21H30N/c1-14(2)17(6)18-8-10-20(16(5)12-18)21-11-9-19(15(3)4)13-22(21)7/h8-15,17H,1-7H3/q+1. The average Bonchev–Trinajstić information content (AvgIpc) is 2.46. The van der Waals surface area contributed by atoms with Crippen molar-refractivity contribution in [3.8, 4) is 11.3 Å². The lowest BCUT2D eigenvalue weighted by Crippen LogP contribution is -2.31. The second-order valence-corrected chi connectivity index (χ2v) is 7.22. The first-order valence-electron chi connectivity index (χ1n) is 8.41. The normalized spacial score (nSPS) is 13.0. The summed E-state index contributed by atoms with van der Waals surface area (Å²) < 4.78 is 2.25. The Kier molecular flexibility index (Phi) is 5.05. The van der Waals surface area contributed by atoms with Crippen molar-refractivity contribution in [1.82, 2.24) is 0 Å². The first-order chi connectivity index (χ1) is 10.3. The van der Waals surface area contributed by atoms with Crippen LogP contribution >= 0.6 is 0 Å². The van der Waals surface area contributed by atoms with Crippen molar-refractivity contribution < 1.29 is 4.57 Å². The third-order valence-electron chi connectivity index (χ3n) is 4.88. The highest BCUT2D eigenvalue weighted by Gasteiger charge is 2.16. The van der Waals surface area contributed by atoms with E-state index >= 15 is 0 Å². The monoisotopic (exact) mass is 296 g/mol. The number of aromatic nitrogens is 1. The number of aryl methyl sites for hydroxylation is 2. The second kappa shape index (κ2) is 6.64. The predicted octanol–water partition coefficient (Wildman–Crippen LogP) is 5.37. The maximum Gasteiger partial charge on any atom is 0.212 e. The lowest BCUT2D eigenvalue weighted by Gasteiger charge is -2.17. The molecule has 0 aliphatic carbocycles. The molecule has 0 aliphatic rings. The minimum absolute atomic E-state index is 0.565. The van der Waals surface area contributed by atoms with Gasteiger partial charge in [-0.1, -0.05) is 46.8 Å². The van der Waals surface area contributed by atoms with Crippen LogP contribution in [0, 0.1) is 12.8 Å². The molecule has 2 rings (SSSR count). The molecule has 1 heterocycles. The summed E-state index contributed by atoms with van der Waals surface area (Å²) >= 11 is 0. The summed E-state index contributed by atoms with van der Waals surface area (Å²) in [5.41, 5.74) is 6.80. The van der Waals surface area contributed by atoms with Crippen molar-refractivity contribution in [2.75, 3.05) is 0 Å². The maximum atomic E-state index is 2.36. The van der Waals surface area contributed by atoms with Crippen LogP contribution in [0.3, 0.4) is 0 Å². The van der Waals surface area contributed by atoms with Gasteiger partial charge in [-0.15, -0.1) is 0 Å². The molecule has 1 nitrogen and oxygen atoms in total. The summed E-state index contributed by atoms with van der Waals surface area (Å²) in [6.07, 6.45) is 2.25. The molecule has 0 saturated carbocycles. The minimum Gasteiger partial charge on any atom is -0.201 e. The van der Waals surface area contributed by atoms with E-state index in [1.807, 2.05) is 0 Å². The number of hydrogen-bond acceptors (Lipinski definition) is 0. The van der Waals surface area contributed by atoms with Crippen LogP contribution in [0.1, 0.15) is 63.1 Å². The third kappa shape index (κ3) is 3.40. The molecule has 1 unspecified atom stereocenters. The van der Waals surface area contributed by atoms with Gasteiger partial charge in [0.15, 0.2) is 6.20 Å². The van der Waals surface area contributed by atoms with Gasteiger partial charge in [-0.25, -0.2) is 4.57 Å². The Labute approximate surface area is 136 Å². The summed E-state index contributed by atoms with van der Waals surface area (Å²) in [6.45, 7) is 13.6. The topological polar surface area (TPSA) is 3.88 Å². The van der Waals surface area contributed by atoms with E-state index in [2.05, 4.69) is 89.7 Å². The molecular formula is C21H30N+. The van der Waals surface area contributed by atoms with E-state index < -0.39 is 0 Å². The molecule has 22 heavy (non-hydrogen) atoms. The molecule has 118 valence electrons. The highest BCUT2D eigenvalue weighted by atomic mass is 14.9. The van der Waals surface area contributed by atoms with Gasteiger partial charge in [0.1, 0.15) is 7.05 Å². The van der Waals surface area contributed by atoms with Gasteiger partial charge in [0.05, 0.1) is 0 Å². The number of pyridine rings is 1. The second-order valence-electron chi connectivity index (χ2n) is 7.22. The van der Waals surface area contributed by atoms with Gasteiger partial charge in [0.2, 0.25) is 5.69 Å². The van der Waals surface area contributed by atoms with Crippen molar-refractivity contribution in [2.24, 2.45) is 13.0 Å². The molecule has 0 N–H and O–H groups in total. The fourth-order valence-electron chi connectivity index (χ4n) is 2.89. The van der Waals surface area contributed by atoms with Crippen LogP contribution < -0.4 is 4.57 Å². The van der Waals surface area contributed by atoms with Crippen LogP contribution in [-0.4, -0.2) is 0 Å². The number of benzene rings is 1. The van der Waals surface area contributed by atoms with Crippen molar-refractivity contribution in [3.63, 3.8) is 0 Å². The van der Waals surface area contributed by atoms with Crippen molar-refractivity contribution in [3.05, 3.63) is 53.2 Å². The summed E-state index contributed by atoms with van der Waals surface area (Å²) in [5, 5.41) is 0. The van der Waals surface area contributed by atoms with Gasteiger partial charge in [-0.05, 0) is 47.9 Å². The first-order valence-corrected chi connectivity index (χ1v) is 8.41. The first kappa shape index (κ1) is 16.7. The van der Waals surface area contributed by atoms with Crippen LogP contribution in [0.2, 0.25) is 0 Å². The highest BCUT2D eigenvalue weighted by molar-refractivity contribution is 5.61. The van der Waals surface area contributed by atoms with Crippen LogP contribution in [0.4, 0.5) is 0 Å². The summed E-state index contributed by atoms with van der Waals surface area (Å²) in [5.74, 6) is 1.84. The minimum atomic E-state index is 0.565. The van der Waals surface area contributed by atoms with E-state index in [1.165, 1.54) is 27.9 Å². The van der Waals surface area contributed by atoms with E-state index in [-0.39, 0.29) is 0 Å². The summed E-state index contributed by atoms with van der Waals surface area (Å²) in [4.78, 5) is 0. The van der Waals surface area contributed by atoms with Crippen LogP contribution in [0.15, 0.2) is 36.5 Å². The maximum absolute atomic E-state index is 2.36. The lowest BCUT2D eigenvalue weighted by atomic mass is 9.88. The molecule has 0 bridgehead atoms. The molecule has 0 radical (unpaired) electrons. The summed E-state index contributed by atoms with van der Waals surface area (Å²) in [7, 11) is 2.14. The SMILES string of the molecule is Cc1cc(C(C)C(C)C)ccc1-c1ccc(C(C)C)c[n+]1C. The molecule has 1 aromatic carbocycles. The van der Waals surface area contributed by atoms with Crippen molar-refractivity contribution in [1.29, 1.82) is 0 Å². The van der Waals surface area contributed by atoms with Gasteiger partial charge >= 0.3 is 0 Å². The highest BCUT2D eigenvalue weighted by Crippen LogP contribution is 2.29. The van der Waals surface area contributed by atoms with Gasteiger partial charge in [0, 0.05) is 17.2 Å². The van der Waals surface area contributed by atoms with Crippen LogP contribution in [-0.2, 0) is 7.05 Å². The van der Waals surface area contributed by atoms with E-state index in [0.717, 1.165) is 0 Å². The van der Waals surface area contributed by atoms with Gasteiger partial charge in [-0.3, -0.25) is 0 Å². The zero-order chi connectivity index (χ0) is 16.4. The van der Waals surface area contributed by atoms with E-state index in [4.69, 9.17) is 0 Å². The Morgan fingerprint density at radius 3 is 2.00 bits per heavy atom. The predicted molar refractivity (Wildman–Crippen MR) is 95.1 cm³/mol. The number of rotatable bonds is 4. The van der Waals surface area contributed by atoms with Crippen molar-refractivity contribution >= 4 is 0 Å². The molecular weight excluding hydrogens is 266 g/mol. The molecule has 0 saturated heterocycles. The average molecular weight is 296 g/mol. The van der Waals surface area contributed by atoms with Gasteiger partial charge < -0.3 is 0 Å². The fourth-order valence-corrected chi connectivity index (χ4v) is 2.89. The smallest absolute Gasteiger partial charge is 0.201 e. The Morgan fingerprint density at radius 1 is 0.864 bits per heavy atom. The largest absolute Gasteiger partial charge is 0.212 e. The quantitative estimate of drug-likeness (QED) is 0.668. The Balaban J connectivity index is 2.42. The fraction of sp³-hybridized carbons (Fsp3) is 0.476. The van der Waals surface area contributed by atoms with Crippen LogP contribution in [0.25, 0.3) is 11.3 Å². The third-order valence-corrected chi connectivity index (χ3v) is 4.88. The molecule has 1 atom stereocenters. The van der Waals surface area contributed by atoms with Crippen LogP contribution in [0.5, 0.6) is 0 Å². The zero-order valence-electron chi connectivity index (χ0n) is 15.1. The van der Waals surface area contributed by atoms with Crippen molar-refractivity contribution in [2.45, 2.75) is 53.4 Å². The zero-order valence-corrected chi connectivity index (χ0v) is 15.1. The molecule has 2 aromatic rings. The van der Waals surface area contributed by atoms with E-state index in [9.17, 15) is 0 Å². The van der Waals surface area contributed by atoms with E-state index in [1.54, 1.807) is 0 Å². The van der Waals surface area contributed by atoms with Gasteiger partial charge in [-0.2, -0.15) is 0 Å². The lowest BCUT2D eigenvalue weighted by molar-refractivity contribution is -0.660. The molecule has 0 aliphatic heterocycles. The Bertz CT molecular complexity index is 653. The summed E-state index contributed by atoms with van der Waals surface area (Å²) in [6, 6.07) is 11.4. The number of hydrogen-bond donors (Lipinski definition) is 0. The molecule has 0 spiro atoms.